The molecule has 138 valence electrons. The smallest absolute Gasteiger partial charge is 0.0622 e. The van der Waals surface area contributed by atoms with Gasteiger partial charge in [0.15, 0.2) is 0 Å². The first-order chi connectivity index (χ1) is 11.3. The summed E-state index contributed by atoms with van der Waals surface area (Å²) in [6, 6.07) is 0. The van der Waals surface area contributed by atoms with Crippen molar-refractivity contribution in [3.05, 3.63) is 0 Å². The first kappa shape index (κ1) is 17.3. The van der Waals surface area contributed by atoms with Crippen LogP contribution in [0.2, 0.25) is 0 Å². The highest BCUT2D eigenvalue weighted by Crippen LogP contribution is 2.61. The molecule has 1 saturated heterocycles. The molecular weight excluding hydrogens is 300 g/mol. The maximum Gasteiger partial charge on any atom is 0.0622 e. The van der Waals surface area contributed by atoms with Crippen LogP contribution in [0, 0.1) is 40.9 Å². The molecule has 3 aliphatic carbocycles. The molecule has 4 fully saturated rings. The Labute approximate surface area is 147 Å². The van der Waals surface area contributed by atoms with Crippen molar-refractivity contribution in [2.75, 3.05) is 13.2 Å². The average molecular weight is 337 g/mol. The van der Waals surface area contributed by atoms with E-state index < -0.39 is 5.60 Å². The zero-order valence-corrected chi connectivity index (χ0v) is 15.7. The molecule has 2 N–H and O–H groups in total. The summed E-state index contributed by atoms with van der Waals surface area (Å²) in [5.41, 5.74) is -0.177. The Balaban J connectivity index is 1.56. The van der Waals surface area contributed by atoms with Gasteiger partial charge in [-0.15, -0.1) is 0 Å². The summed E-state index contributed by atoms with van der Waals surface area (Å²) in [7, 11) is 0. The summed E-state index contributed by atoms with van der Waals surface area (Å²) in [5, 5.41) is 20.8. The number of aliphatic hydroxyl groups is 2. The van der Waals surface area contributed by atoms with Crippen molar-refractivity contribution in [1.82, 2.24) is 0 Å². The molecular formula is C21H36O3. The van der Waals surface area contributed by atoms with Crippen LogP contribution >= 0.6 is 0 Å². The van der Waals surface area contributed by atoms with E-state index in [1.165, 1.54) is 32.1 Å². The van der Waals surface area contributed by atoms with Gasteiger partial charge in [0.25, 0.3) is 0 Å². The van der Waals surface area contributed by atoms with Crippen LogP contribution in [0.25, 0.3) is 0 Å². The Morgan fingerprint density at radius 2 is 1.71 bits per heavy atom. The molecule has 1 heterocycles. The summed E-state index contributed by atoms with van der Waals surface area (Å²) < 4.78 is 6.00. The van der Waals surface area contributed by atoms with Crippen molar-refractivity contribution < 1.29 is 14.9 Å². The molecule has 0 radical (unpaired) electrons. The molecule has 0 aromatic rings. The highest BCUT2D eigenvalue weighted by molar-refractivity contribution is 5.05. The number of hydrogen-bond acceptors (Lipinski definition) is 3. The molecule has 3 saturated carbocycles. The van der Waals surface area contributed by atoms with Gasteiger partial charge in [0.2, 0.25) is 0 Å². The maximum atomic E-state index is 10.5. The second-order valence-corrected chi connectivity index (χ2v) is 10.1. The van der Waals surface area contributed by atoms with Crippen LogP contribution < -0.4 is 0 Å². The molecule has 0 amide bonds. The fourth-order valence-electron chi connectivity index (χ4n) is 7.41. The molecule has 24 heavy (non-hydrogen) atoms. The van der Waals surface area contributed by atoms with Crippen molar-refractivity contribution >= 4 is 0 Å². The van der Waals surface area contributed by atoms with Gasteiger partial charge in [-0.2, -0.15) is 0 Å². The number of fused-ring (bicyclic) bond motifs is 5. The largest absolute Gasteiger partial charge is 0.393 e. The predicted molar refractivity (Wildman–Crippen MR) is 94.5 cm³/mol. The molecule has 1 aliphatic heterocycles. The van der Waals surface area contributed by atoms with E-state index in [9.17, 15) is 10.2 Å². The third kappa shape index (κ3) is 2.66. The van der Waals surface area contributed by atoms with Gasteiger partial charge in [0.05, 0.1) is 24.9 Å². The summed E-state index contributed by atoms with van der Waals surface area (Å²) in [5.74, 6) is 4.07. The monoisotopic (exact) mass is 336 g/mol. The average Bonchev–Trinajstić information content (AvgIpc) is 2.51. The molecule has 0 aromatic heterocycles. The van der Waals surface area contributed by atoms with Gasteiger partial charge < -0.3 is 14.9 Å². The molecule has 9 atom stereocenters. The Morgan fingerprint density at radius 3 is 2.46 bits per heavy atom. The van der Waals surface area contributed by atoms with Crippen LogP contribution in [-0.4, -0.2) is 35.1 Å². The van der Waals surface area contributed by atoms with Crippen molar-refractivity contribution in [2.24, 2.45) is 40.9 Å². The summed E-state index contributed by atoms with van der Waals surface area (Å²) in [4.78, 5) is 0. The van der Waals surface area contributed by atoms with Crippen LogP contribution in [-0.2, 0) is 4.74 Å². The zero-order chi connectivity index (χ0) is 17.1. The highest BCUT2D eigenvalue weighted by Gasteiger charge is 2.57. The molecule has 3 heteroatoms. The lowest BCUT2D eigenvalue weighted by molar-refractivity contribution is -0.187. The number of rotatable bonds is 1. The van der Waals surface area contributed by atoms with Gasteiger partial charge in [-0.25, -0.2) is 0 Å². The molecule has 4 rings (SSSR count). The van der Waals surface area contributed by atoms with E-state index in [0.717, 1.165) is 49.7 Å². The van der Waals surface area contributed by atoms with E-state index in [4.69, 9.17) is 4.74 Å². The van der Waals surface area contributed by atoms with Gasteiger partial charge >= 0.3 is 0 Å². The molecule has 3 nitrogen and oxygen atoms in total. The van der Waals surface area contributed by atoms with Gasteiger partial charge in [0.1, 0.15) is 0 Å². The molecule has 4 aliphatic rings. The molecule has 0 spiro atoms. The first-order valence-corrected chi connectivity index (χ1v) is 10.3. The van der Waals surface area contributed by atoms with Crippen molar-refractivity contribution in [2.45, 2.75) is 77.4 Å². The van der Waals surface area contributed by atoms with Crippen molar-refractivity contribution in [1.29, 1.82) is 0 Å². The lowest BCUT2D eigenvalue weighted by Gasteiger charge is -2.61. The summed E-state index contributed by atoms with van der Waals surface area (Å²) in [6.07, 6.45) is 8.09. The van der Waals surface area contributed by atoms with Crippen LogP contribution in [0.15, 0.2) is 0 Å². The Kier molecular flexibility index (Phi) is 4.29. The number of ether oxygens (including phenoxy) is 1. The van der Waals surface area contributed by atoms with Crippen LogP contribution in [0.5, 0.6) is 0 Å². The summed E-state index contributed by atoms with van der Waals surface area (Å²) in [6.45, 7) is 8.06. The van der Waals surface area contributed by atoms with E-state index in [1.54, 1.807) is 0 Å². The highest BCUT2D eigenvalue weighted by atomic mass is 16.5. The first-order valence-electron chi connectivity index (χ1n) is 10.3. The van der Waals surface area contributed by atoms with E-state index >= 15 is 0 Å². The molecule has 0 bridgehead atoms. The van der Waals surface area contributed by atoms with Gasteiger partial charge in [-0.3, -0.25) is 0 Å². The molecule has 5 unspecified atom stereocenters. The third-order valence-electron chi connectivity index (χ3n) is 8.70. The third-order valence-corrected chi connectivity index (χ3v) is 8.70. The summed E-state index contributed by atoms with van der Waals surface area (Å²) >= 11 is 0. The second-order valence-electron chi connectivity index (χ2n) is 10.1. The Morgan fingerprint density at radius 1 is 0.958 bits per heavy atom. The minimum absolute atomic E-state index is 0.251. The van der Waals surface area contributed by atoms with Gasteiger partial charge in [0, 0.05) is 5.92 Å². The van der Waals surface area contributed by atoms with E-state index in [1.807, 2.05) is 13.8 Å². The van der Waals surface area contributed by atoms with E-state index in [0.29, 0.717) is 11.8 Å². The van der Waals surface area contributed by atoms with Gasteiger partial charge in [-0.1, -0.05) is 6.92 Å². The lowest BCUT2D eigenvalue weighted by Crippen LogP contribution is -2.58. The minimum Gasteiger partial charge on any atom is -0.393 e. The maximum absolute atomic E-state index is 10.5. The van der Waals surface area contributed by atoms with Crippen molar-refractivity contribution in [3.8, 4) is 0 Å². The number of aliphatic hydroxyl groups excluding tert-OH is 1. The van der Waals surface area contributed by atoms with Crippen molar-refractivity contribution in [3.63, 3.8) is 0 Å². The van der Waals surface area contributed by atoms with Crippen LogP contribution in [0.3, 0.4) is 0 Å². The Hall–Kier alpha value is -0.120. The zero-order valence-electron chi connectivity index (χ0n) is 15.7. The fraction of sp³-hybridized carbons (Fsp3) is 1.00. The van der Waals surface area contributed by atoms with E-state index in [2.05, 4.69) is 6.92 Å². The quantitative estimate of drug-likeness (QED) is 0.769. The predicted octanol–water partition coefficient (Wildman–Crippen LogP) is 3.62. The second kappa shape index (κ2) is 5.96. The standard InChI is InChI=1S/C21H36O3/c1-13(22)18-11-24-12-19-17-5-4-14-10-20(2,23)8-6-15(14)16(17)7-9-21(18,19)3/h13-19,22-23H,4-12H2,1-3H3/t13?,14?,15-,16+,17?,18?,19-,20+,21?/m0/s1. The number of hydrogen-bond donors (Lipinski definition) is 2. The SMILES string of the molecule is CC(O)C1COC[C@H]2C3CCC4C[C@](C)(O)CC[C@@H]4[C@H]3CCC12C. The minimum atomic E-state index is -0.428. The Bertz CT molecular complexity index is 474. The lowest BCUT2D eigenvalue weighted by atomic mass is 9.46. The fourth-order valence-corrected chi connectivity index (χ4v) is 7.41. The molecule has 0 aromatic carbocycles. The van der Waals surface area contributed by atoms with Gasteiger partial charge in [-0.05, 0) is 93.8 Å². The van der Waals surface area contributed by atoms with Crippen LogP contribution in [0.4, 0.5) is 0 Å². The van der Waals surface area contributed by atoms with E-state index in [-0.39, 0.29) is 11.5 Å². The topological polar surface area (TPSA) is 49.7 Å². The van der Waals surface area contributed by atoms with Crippen LogP contribution in [0.1, 0.15) is 65.7 Å². The normalized spacial score (nSPS) is 55.9.